The van der Waals surface area contributed by atoms with Crippen molar-refractivity contribution in [2.45, 2.75) is 13.0 Å². The first-order valence-electron chi connectivity index (χ1n) is 10.1. The molecule has 0 radical (unpaired) electrons. The van der Waals surface area contributed by atoms with Gasteiger partial charge >= 0.3 is 0 Å². The molecule has 1 aliphatic heterocycles. The zero-order valence-electron chi connectivity index (χ0n) is 18.7. The van der Waals surface area contributed by atoms with Gasteiger partial charge in [0.05, 0.1) is 19.8 Å². The van der Waals surface area contributed by atoms with Crippen LogP contribution in [0.25, 0.3) is 11.4 Å². The number of rotatable bonds is 6. The summed E-state index contributed by atoms with van der Waals surface area (Å²) in [6.45, 7) is 1.80. The number of nitrogens with zero attached hydrogens (tertiary/aromatic N) is 4. The summed E-state index contributed by atoms with van der Waals surface area (Å²) in [5.74, 6) is 1.54. The fourth-order valence-electron chi connectivity index (χ4n) is 3.92. The molecule has 1 atom stereocenters. The number of hydrogen-bond donors (Lipinski definition) is 2. The molecule has 2 aromatic carbocycles. The molecule has 9 nitrogen and oxygen atoms in total. The molecule has 9 heteroatoms. The number of ether oxygens (including phenoxy) is 2. The van der Waals surface area contributed by atoms with Gasteiger partial charge in [0.2, 0.25) is 11.9 Å². The number of nitrogens with two attached hydrogens (primary N) is 1. The smallest absolute Gasteiger partial charge is 0.248 e. The zero-order chi connectivity index (χ0) is 23.0. The minimum Gasteiger partial charge on any atom is -0.493 e. The molecule has 0 saturated heterocycles. The van der Waals surface area contributed by atoms with Crippen molar-refractivity contribution < 1.29 is 14.3 Å². The van der Waals surface area contributed by atoms with Crippen molar-refractivity contribution in [2.24, 2.45) is 5.73 Å². The number of methoxy groups -OCH3 is 2. The number of fused-ring (bicyclic) bond motifs is 1. The van der Waals surface area contributed by atoms with Gasteiger partial charge in [-0.3, -0.25) is 4.79 Å². The molecule has 1 amide bonds. The van der Waals surface area contributed by atoms with Crippen molar-refractivity contribution >= 4 is 17.5 Å². The molecule has 166 valence electrons. The maximum Gasteiger partial charge on any atom is 0.248 e. The van der Waals surface area contributed by atoms with Gasteiger partial charge in [-0.2, -0.15) is 4.98 Å². The van der Waals surface area contributed by atoms with Crippen LogP contribution in [0.15, 0.2) is 53.7 Å². The second-order valence-electron chi connectivity index (χ2n) is 7.66. The number of amides is 1. The zero-order valence-corrected chi connectivity index (χ0v) is 18.7. The van der Waals surface area contributed by atoms with Gasteiger partial charge in [-0.1, -0.05) is 12.1 Å². The first kappa shape index (κ1) is 21.2. The minimum atomic E-state index is -0.629. The molecule has 2 heterocycles. The van der Waals surface area contributed by atoms with E-state index in [9.17, 15) is 4.79 Å². The van der Waals surface area contributed by atoms with Crippen LogP contribution in [0.3, 0.4) is 0 Å². The third-order valence-electron chi connectivity index (χ3n) is 5.49. The highest BCUT2D eigenvalue weighted by Crippen LogP contribution is 2.43. The second kappa shape index (κ2) is 8.26. The molecule has 1 aliphatic rings. The number of anilines is 2. The molecule has 1 aromatic heterocycles. The Bertz CT molecular complexity index is 1200. The number of nitrogens with one attached hydrogen (secondary N) is 1. The van der Waals surface area contributed by atoms with Gasteiger partial charge in [0.25, 0.3) is 0 Å². The number of para-hydroxylation sites is 1. The van der Waals surface area contributed by atoms with Crippen LogP contribution in [0.5, 0.6) is 11.5 Å². The van der Waals surface area contributed by atoms with Gasteiger partial charge in [0, 0.05) is 36.6 Å². The average Bonchev–Trinajstić information content (AvgIpc) is 3.20. The van der Waals surface area contributed by atoms with Crippen LogP contribution in [0.2, 0.25) is 0 Å². The molecule has 32 heavy (non-hydrogen) atoms. The predicted molar refractivity (Wildman–Crippen MR) is 123 cm³/mol. The second-order valence-corrected chi connectivity index (χ2v) is 7.66. The molecular formula is C23H26N6O3. The molecule has 3 N–H and O–H groups in total. The topological polar surface area (TPSA) is 108 Å². The van der Waals surface area contributed by atoms with E-state index in [4.69, 9.17) is 20.3 Å². The summed E-state index contributed by atoms with van der Waals surface area (Å²) in [5, 5.41) is 7.91. The molecular weight excluding hydrogens is 408 g/mol. The van der Waals surface area contributed by atoms with E-state index in [1.165, 1.54) is 0 Å². The Morgan fingerprint density at radius 3 is 2.44 bits per heavy atom. The first-order chi connectivity index (χ1) is 15.3. The van der Waals surface area contributed by atoms with E-state index in [1.807, 2.05) is 55.4 Å². The first-order valence-corrected chi connectivity index (χ1v) is 10.1. The van der Waals surface area contributed by atoms with Crippen molar-refractivity contribution in [2.75, 3.05) is 38.5 Å². The molecule has 0 spiro atoms. The van der Waals surface area contributed by atoms with Crippen LogP contribution in [0.1, 0.15) is 18.5 Å². The van der Waals surface area contributed by atoms with Crippen LogP contribution >= 0.6 is 0 Å². The lowest BCUT2D eigenvalue weighted by atomic mass is 9.94. The van der Waals surface area contributed by atoms with Crippen molar-refractivity contribution in [3.8, 4) is 22.9 Å². The van der Waals surface area contributed by atoms with E-state index >= 15 is 0 Å². The summed E-state index contributed by atoms with van der Waals surface area (Å²) in [6, 6.07) is 12.8. The Kier molecular flexibility index (Phi) is 5.48. The number of aromatic nitrogens is 3. The maximum atomic E-state index is 12.5. The van der Waals surface area contributed by atoms with E-state index in [0.717, 1.165) is 11.3 Å². The summed E-state index contributed by atoms with van der Waals surface area (Å²) < 4.78 is 12.8. The molecule has 0 bridgehead atoms. The minimum absolute atomic E-state index is 0.378. The SMILES string of the molecule is COc1cccc(C2C(C(N)=O)=C(C)Nc3nc(-c4ccc(N(C)C)cc4)nn32)c1OC. The van der Waals surface area contributed by atoms with Crippen molar-refractivity contribution in [3.05, 3.63) is 59.3 Å². The number of carbonyl (C=O) groups is 1. The van der Waals surface area contributed by atoms with Gasteiger partial charge in [-0.05, 0) is 37.3 Å². The molecule has 0 aliphatic carbocycles. The number of allylic oxidation sites excluding steroid dienone is 1. The number of carbonyl (C=O) groups excluding carboxylic acids is 1. The van der Waals surface area contributed by atoms with Gasteiger partial charge in [0.15, 0.2) is 17.3 Å². The fraction of sp³-hybridized carbons (Fsp3) is 0.261. The Morgan fingerprint density at radius 1 is 1.12 bits per heavy atom. The van der Waals surface area contributed by atoms with Crippen molar-refractivity contribution in [1.82, 2.24) is 14.8 Å². The van der Waals surface area contributed by atoms with Crippen LogP contribution in [0.4, 0.5) is 11.6 Å². The standard InChI is InChI=1S/C23H26N6O3/c1-13-18(21(24)30)19(16-7-6-8-17(31-4)20(16)32-5)29-23(25-13)26-22(27-29)14-9-11-15(12-10-14)28(2)3/h6-12,19H,1-5H3,(H2,24,30)(H,25,26,27). The summed E-state index contributed by atoms with van der Waals surface area (Å²) >= 11 is 0. The molecule has 4 rings (SSSR count). The lowest BCUT2D eigenvalue weighted by Crippen LogP contribution is -2.32. The third kappa shape index (κ3) is 3.51. The Balaban J connectivity index is 1.88. The van der Waals surface area contributed by atoms with E-state index in [2.05, 4.69) is 10.3 Å². The summed E-state index contributed by atoms with van der Waals surface area (Å²) in [4.78, 5) is 19.2. The highest BCUT2D eigenvalue weighted by molar-refractivity contribution is 5.95. The molecule has 0 fully saturated rings. The van der Waals surface area contributed by atoms with E-state index < -0.39 is 11.9 Å². The number of primary amides is 1. The van der Waals surface area contributed by atoms with Crippen LogP contribution in [-0.4, -0.2) is 49.0 Å². The van der Waals surface area contributed by atoms with E-state index in [1.54, 1.807) is 31.9 Å². The van der Waals surface area contributed by atoms with E-state index in [-0.39, 0.29) is 0 Å². The molecule has 0 saturated carbocycles. The highest BCUT2D eigenvalue weighted by Gasteiger charge is 2.35. The van der Waals surface area contributed by atoms with Gasteiger partial charge < -0.3 is 25.4 Å². The fourth-order valence-corrected chi connectivity index (χ4v) is 3.92. The van der Waals surface area contributed by atoms with Crippen molar-refractivity contribution in [3.63, 3.8) is 0 Å². The lowest BCUT2D eigenvalue weighted by Gasteiger charge is -2.29. The maximum absolute atomic E-state index is 12.5. The highest BCUT2D eigenvalue weighted by atomic mass is 16.5. The molecule has 1 unspecified atom stereocenters. The monoisotopic (exact) mass is 434 g/mol. The van der Waals surface area contributed by atoms with Gasteiger partial charge in [-0.15, -0.1) is 5.10 Å². The third-order valence-corrected chi connectivity index (χ3v) is 5.49. The Labute approximate surface area is 186 Å². The van der Waals surface area contributed by atoms with Crippen LogP contribution < -0.4 is 25.4 Å². The van der Waals surface area contributed by atoms with E-state index in [0.29, 0.717) is 40.1 Å². The van der Waals surface area contributed by atoms with Gasteiger partial charge in [-0.25, -0.2) is 4.68 Å². The normalized spacial score (nSPS) is 15.1. The summed E-state index contributed by atoms with van der Waals surface area (Å²) in [6.07, 6.45) is 0. The number of benzene rings is 2. The Hall–Kier alpha value is -4.01. The number of hydrogen-bond acceptors (Lipinski definition) is 7. The largest absolute Gasteiger partial charge is 0.493 e. The summed E-state index contributed by atoms with van der Waals surface area (Å²) in [5.41, 5.74) is 9.41. The molecule has 3 aromatic rings. The predicted octanol–water partition coefficient (Wildman–Crippen LogP) is 2.80. The van der Waals surface area contributed by atoms with Crippen molar-refractivity contribution in [1.29, 1.82) is 0 Å². The summed E-state index contributed by atoms with van der Waals surface area (Å²) in [7, 11) is 7.09. The lowest BCUT2D eigenvalue weighted by molar-refractivity contribution is -0.115. The van der Waals surface area contributed by atoms with Crippen LogP contribution in [0, 0.1) is 0 Å². The van der Waals surface area contributed by atoms with Gasteiger partial charge in [0.1, 0.15) is 6.04 Å². The quantitative estimate of drug-likeness (QED) is 0.614. The Morgan fingerprint density at radius 2 is 1.84 bits per heavy atom. The van der Waals surface area contributed by atoms with Crippen LogP contribution in [-0.2, 0) is 4.79 Å². The average molecular weight is 435 g/mol.